The molecule has 3 heterocycles. The van der Waals surface area contributed by atoms with E-state index in [1.807, 2.05) is 224 Å². The Bertz CT molecular complexity index is 3000. The molecule has 0 amide bonds. The summed E-state index contributed by atoms with van der Waals surface area (Å²) in [5.41, 5.74) is 9.52. The quantitative estimate of drug-likeness (QED) is 0.0615. The van der Waals surface area contributed by atoms with Crippen LogP contribution >= 0.6 is 0 Å². The maximum absolute atomic E-state index is 6.64. The third-order valence-corrected chi connectivity index (χ3v) is 11.7. The highest BCUT2D eigenvalue weighted by molar-refractivity contribution is 5.64. The van der Waals surface area contributed by atoms with Gasteiger partial charge in [-0.1, -0.05) is 133 Å². The van der Waals surface area contributed by atoms with Crippen molar-refractivity contribution in [2.75, 3.05) is 0 Å². The minimum atomic E-state index is 0.182. The lowest BCUT2D eigenvalue weighted by molar-refractivity contribution is 0.273. The van der Waals surface area contributed by atoms with Crippen LogP contribution in [0.5, 0.6) is 40.2 Å². The molecule has 10 rings (SSSR count). The van der Waals surface area contributed by atoms with E-state index in [1.165, 1.54) is 0 Å². The van der Waals surface area contributed by atoms with Crippen molar-refractivity contribution in [3.8, 4) is 63.0 Å². The van der Waals surface area contributed by atoms with Gasteiger partial charge in [-0.25, -0.2) is 4.98 Å². The molecular formula is C64H53N3O7. The fourth-order valence-corrected chi connectivity index (χ4v) is 7.99. The van der Waals surface area contributed by atoms with Gasteiger partial charge in [-0.3, -0.25) is 9.97 Å². The molecular weight excluding hydrogens is 923 g/mol. The first-order chi connectivity index (χ1) is 36.6. The summed E-state index contributed by atoms with van der Waals surface area (Å²) in [6.45, 7) is 2.21. The Morgan fingerprint density at radius 1 is 0.216 bits per heavy atom. The molecule has 0 saturated heterocycles. The van der Waals surface area contributed by atoms with Gasteiger partial charge in [0.15, 0.2) is 0 Å². The molecule has 7 aromatic carbocycles. The van der Waals surface area contributed by atoms with Crippen LogP contribution in [0.2, 0.25) is 0 Å². The normalized spacial score (nSPS) is 10.8. The van der Waals surface area contributed by atoms with Gasteiger partial charge in [0.1, 0.15) is 86.5 Å². The molecule has 0 unspecified atom stereocenters. The van der Waals surface area contributed by atoms with E-state index in [-0.39, 0.29) is 19.8 Å². The van der Waals surface area contributed by atoms with Gasteiger partial charge in [0.25, 0.3) is 0 Å². The summed E-state index contributed by atoms with van der Waals surface area (Å²) in [5.74, 6) is 4.41. The molecule has 0 spiro atoms. The summed E-state index contributed by atoms with van der Waals surface area (Å²) >= 11 is 0. The van der Waals surface area contributed by atoms with Crippen molar-refractivity contribution in [2.45, 2.75) is 46.2 Å². The van der Waals surface area contributed by atoms with Crippen molar-refractivity contribution in [1.29, 1.82) is 0 Å². The van der Waals surface area contributed by atoms with Gasteiger partial charge < -0.3 is 33.2 Å². The Labute approximate surface area is 431 Å². The zero-order valence-corrected chi connectivity index (χ0v) is 40.7. The number of nitrogens with zero attached hydrogens (tertiary/aromatic N) is 3. The molecule has 74 heavy (non-hydrogen) atoms. The summed E-state index contributed by atoms with van der Waals surface area (Å²) in [4.78, 5) is 14.1. The van der Waals surface area contributed by atoms with Crippen LogP contribution in [-0.2, 0) is 46.2 Å². The molecule has 0 aliphatic carbocycles. The minimum absolute atomic E-state index is 0.182. The van der Waals surface area contributed by atoms with Crippen molar-refractivity contribution in [3.63, 3.8) is 0 Å². The van der Waals surface area contributed by atoms with Crippen molar-refractivity contribution in [2.24, 2.45) is 0 Å². The van der Waals surface area contributed by atoms with E-state index >= 15 is 0 Å². The third kappa shape index (κ3) is 14.1. The molecule has 0 saturated carbocycles. The number of aromatic nitrogens is 3. The smallest absolute Gasteiger partial charge is 0.124 e. The average molecular weight is 976 g/mol. The summed E-state index contributed by atoms with van der Waals surface area (Å²) in [7, 11) is 0. The zero-order valence-electron chi connectivity index (χ0n) is 40.7. The SMILES string of the molecule is c1ccc(COc2cc(COc3cc(COc4cc(-c5ccccn5)nc(-c5ccccn5)c4)cc(OCc4cc(OCc5ccccc5)cc(OCc5ccccc5)c4)c3)cc(OCc3ccccc3)c2)cc1. The third-order valence-electron chi connectivity index (χ3n) is 11.7. The van der Waals surface area contributed by atoms with E-state index in [1.54, 1.807) is 12.4 Å². The maximum Gasteiger partial charge on any atom is 0.124 e. The minimum Gasteiger partial charge on any atom is -0.489 e. The van der Waals surface area contributed by atoms with Crippen LogP contribution in [0.3, 0.4) is 0 Å². The van der Waals surface area contributed by atoms with E-state index in [9.17, 15) is 0 Å². The number of pyridine rings is 3. The van der Waals surface area contributed by atoms with Gasteiger partial charge in [0.2, 0.25) is 0 Å². The molecule has 0 N–H and O–H groups in total. The van der Waals surface area contributed by atoms with Gasteiger partial charge >= 0.3 is 0 Å². The topological polar surface area (TPSA) is 103 Å². The number of rotatable bonds is 23. The number of ether oxygens (including phenoxy) is 7. The second kappa shape index (κ2) is 24.6. The highest BCUT2D eigenvalue weighted by Gasteiger charge is 2.14. The lowest BCUT2D eigenvalue weighted by Crippen LogP contribution is -2.04. The Hall–Kier alpha value is -9.41. The second-order valence-corrected chi connectivity index (χ2v) is 17.4. The molecule has 0 aliphatic heterocycles. The summed E-state index contributed by atoms with van der Waals surface area (Å²) in [6.07, 6.45) is 3.49. The van der Waals surface area contributed by atoms with Crippen LogP contribution in [0.25, 0.3) is 22.8 Å². The predicted octanol–water partition coefficient (Wildman–Crippen LogP) is 14.3. The fraction of sp³-hybridized carbons (Fsp3) is 0.109. The summed E-state index contributed by atoms with van der Waals surface area (Å²) in [6, 6.07) is 73.1. The molecule has 366 valence electrons. The van der Waals surface area contributed by atoms with Crippen LogP contribution in [0.4, 0.5) is 0 Å². The fourth-order valence-electron chi connectivity index (χ4n) is 7.99. The Kier molecular flexibility index (Phi) is 16.0. The van der Waals surface area contributed by atoms with Gasteiger partial charge in [-0.15, -0.1) is 0 Å². The number of hydrogen-bond donors (Lipinski definition) is 0. The molecule has 0 fully saturated rings. The summed E-state index contributed by atoms with van der Waals surface area (Å²) in [5, 5.41) is 0. The molecule has 3 aromatic heterocycles. The highest BCUT2D eigenvalue weighted by atomic mass is 16.5. The number of hydrogen-bond acceptors (Lipinski definition) is 10. The van der Waals surface area contributed by atoms with Crippen molar-refractivity contribution < 1.29 is 33.2 Å². The van der Waals surface area contributed by atoms with E-state index in [4.69, 9.17) is 38.1 Å². The van der Waals surface area contributed by atoms with Crippen LogP contribution in [0.15, 0.2) is 237 Å². The van der Waals surface area contributed by atoms with Crippen molar-refractivity contribution >= 4 is 0 Å². The van der Waals surface area contributed by atoms with E-state index in [0.29, 0.717) is 89.4 Å². The van der Waals surface area contributed by atoms with Crippen LogP contribution < -0.4 is 33.2 Å². The van der Waals surface area contributed by atoms with E-state index in [2.05, 4.69) is 9.97 Å². The first-order valence-corrected chi connectivity index (χ1v) is 24.4. The standard InChI is InChI=1S/C64H53N3O7/c1-5-17-47(18-6-1)40-68-54-29-51(30-55(35-54)69-41-48-19-7-2-8-20-48)44-72-58-33-53(46-74-60-38-63(61-25-13-15-27-65-61)67-64(39-60)62-26-14-16-28-66-62)34-59(37-58)73-45-52-31-56(70-42-49-21-9-3-10-22-49)36-57(32-52)71-43-50-23-11-4-12-24-50/h1-39H,40-46H2. The van der Waals surface area contributed by atoms with Crippen LogP contribution in [-0.4, -0.2) is 15.0 Å². The molecule has 10 heteroatoms. The molecule has 0 radical (unpaired) electrons. The molecule has 0 bridgehead atoms. The largest absolute Gasteiger partial charge is 0.489 e. The zero-order chi connectivity index (χ0) is 50.0. The van der Waals surface area contributed by atoms with E-state index < -0.39 is 0 Å². The van der Waals surface area contributed by atoms with Crippen LogP contribution in [0, 0.1) is 0 Å². The average Bonchev–Trinajstić information content (AvgIpc) is 3.47. The monoisotopic (exact) mass is 975 g/mol. The predicted molar refractivity (Wildman–Crippen MR) is 286 cm³/mol. The Morgan fingerprint density at radius 3 is 0.716 bits per heavy atom. The molecule has 10 nitrogen and oxygen atoms in total. The highest BCUT2D eigenvalue weighted by Crippen LogP contribution is 2.32. The van der Waals surface area contributed by atoms with Crippen molar-refractivity contribution in [3.05, 3.63) is 276 Å². The first kappa shape index (κ1) is 48.2. The molecule has 0 atom stereocenters. The first-order valence-electron chi connectivity index (χ1n) is 24.4. The Morgan fingerprint density at radius 2 is 0.459 bits per heavy atom. The second-order valence-electron chi connectivity index (χ2n) is 17.4. The number of benzene rings is 7. The van der Waals surface area contributed by atoms with Gasteiger partial charge in [0.05, 0.1) is 22.8 Å². The van der Waals surface area contributed by atoms with Crippen LogP contribution in [0.1, 0.15) is 38.9 Å². The van der Waals surface area contributed by atoms with Gasteiger partial charge in [-0.05, 0) is 99.6 Å². The lowest BCUT2D eigenvalue weighted by Gasteiger charge is -2.16. The van der Waals surface area contributed by atoms with Gasteiger partial charge in [0, 0.05) is 42.7 Å². The summed E-state index contributed by atoms with van der Waals surface area (Å²) < 4.78 is 45.2. The lowest BCUT2D eigenvalue weighted by atomic mass is 10.1. The van der Waals surface area contributed by atoms with E-state index in [0.717, 1.165) is 38.9 Å². The van der Waals surface area contributed by atoms with Gasteiger partial charge in [-0.2, -0.15) is 0 Å². The maximum atomic E-state index is 6.64. The molecule has 0 aliphatic rings. The van der Waals surface area contributed by atoms with Crippen molar-refractivity contribution in [1.82, 2.24) is 15.0 Å². The molecule has 10 aromatic rings. The Balaban J connectivity index is 0.931.